The minimum absolute atomic E-state index is 0.406. The van der Waals surface area contributed by atoms with Crippen LogP contribution in [0.5, 0.6) is 0 Å². The van der Waals surface area contributed by atoms with Crippen molar-refractivity contribution in [1.82, 2.24) is 0 Å². The van der Waals surface area contributed by atoms with Gasteiger partial charge in [0.25, 0.3) is 0 Å². The molecule has 1 aromatic rings. The molecule has 0 aliphatic carbocycles. The SMILES string of the molecule is CC#Cc1c(N)c(N)c(C)c(N)c1N. The van der Waals surface area contributed by atoms with Crippen LogP contribution in [0, 0.1) is 18.8 Å². The summed E-state index contributed by atoms with van der Waals surface area (Å²) in [6.07, 6.45) is 0. The first-order valence-corrected chi connectivity index (χ1v) is 4.15. The molecule has 8 N–H and O–H groups in total. The molecule has 0 aliphatic rings. The largest absolute Gasteiger partial charge is 0.397 e. The van der Waals surface area contributed by atoms with Gasteiger partial charge in [-0.05, 0) is 19.4 Å². The average molecular weight is 190 g/mol. The number of hydrogen-bond donors (Lipinski definition) is 4. The molecule has 0 atom stereocenters. The van der Waals surface area contributed by atoms with Gasteiger partial charge >= 0.3 is 0 Å². The molecule has 0 amide bonds. The van der Waals surface area contributed by atoms with Crippen LogP contribution in [0.4, 0.5) is 22.7 Å². The Labute approximate surface area is 83.2 Å². The van der Waals surface area contributed by atoms with E-state index in [1.165, 1.54) is 0 Å². The Morgan fingerprint density at radius 3 is 1.64 bits per heavy atom. The summed E-state index contributed by atoms with van der Waals surface area (Å²) in [5.74, 6) is 5.51. The zero-order valence-electron chi connectivity index (χ0n) is 8.31. The normalized spacial score (nSPS) is 9.29. The van der Waals surface area contributed by atoms with E-state index in [0.717, 1.165) is 0 Å². The zero-order chi connectivity index (χ0) is 10.9. The standard InChI is InChI=1S/C10H14N4/c1-3-4-6-9(13)7(11)5(2)8(12)10(6)14/h11-14H2,1-2H3. The van der Waals surface area contributed by atoms with E-state index >= 15 is 0 Å². The maximum absolute atomic E-state index is 5.78. The number of nitrogen functional groups attached to an aromatic ring is 4. The van der Waals surface area contributed by atoms with Crippen LogP contribution in [0.3, 0.4) is 0 Å². The van der Waals surface area contributed by atoms with Crippen molar-refractivity contribution in [1.29, 1.82) is 0 Å². The molecule has 0 radical (unpaired) electrons. The molecule has 0 saturated carbocycles. The van der Waals surface area contributed by atoms with Gasteiger partial charge in [0.15, 0.2) is 0 Å². The predicted molar refractivity (Wildman–Crippen MR) is 61.4 cm³/mol. The summed E-state index contributed by atoms with van der Waals surface area (Å²) >= 11 is 0. The summed E-state index contributed by atoms with van der Waals surface area (Å²) in [5.41, 5.74) is 26.0. The van der Waals surface area contributed by atoms with Crippen molar-refractivity contribution in [3.05, 3.63) is 11.1 Å². The molecule has 1 aromatic carbocycles. The van der Waals surface area contributed by atoms with E-state index in [4.69, 9.17) is 22.9 Å². The van der Waals surface area contributed by atoms with Crippen LogP contribution in [-0.2, 0) is 0 Å². The van der Waals surface area contributed by atoms with Crippen LogP contribution >= 0.6 is 0 Å². The zero-order valence-corrected chi connectivity index (χ0v) is 8.31. The molecule has 0 bridgehead atoms. The summed E-state index contributed by atoms with van der Waals surface area (Å²) in [4.78, 5) is 0. The summed E-state index contributed by atoms with van der Waals surface area (Å²) < 4.78 is 0. The topological polar surface area (TPSA) is 104 Å². The molecule has 4 heteroatoms. The van der Waals surface area contributed by atoms with Crippen molar-refractivity contribution in [2.75, 3.05) is 22.9 Å². The molecule has 74 valence electrons. The van der Waals surface area contributed by atoms with Gasteiger partial charge in [-0.1, -0.05) is 5.92 Å². The summed E-state index contributed by atoms with van der Waals surface area (Å²) in [6.45, 7) is 3.48. The predicted octanol–water partition coefficient (Wildman–Crippen LogP) is 0.695. The second-order valence-electron chi connectivity index (χ2n) is 3.03. The molecule has 1 rings (SSSR count). The average Bonchev–Trinajstić information content (AvgIpc) is 2.19. The van der Waals surface area contributed by atoms with E-state index in [0.29, 0.717) is 33.9 Å². The van der Waals surface area contributed by atoms with Crippen LogP contribution in [0.25, 0.3) is 0 Å². The van der Waals surface area contributed by atoms with E-state index in [9.17, 15) is 0 Å². The fourth-order valence-corrected chi connectivity index (χ4v) is 1.22. The van der Waals surface area contributed by atoms with E-state index in [2.05, 4.69) is 11.8 Å². The second kappa shape index (κ2) is 3.38. The Hall–Kier alpha value is -2.02. The minimum Gasteiger partial charge on any atom is -0.397 e. The lowest BCUT2D eigenvalue weighted by atomic mass is 10.0. The summed E-state index contributed by atoms with van der Waals surface area (Å²) in [6, 6.07) is 0. The lowest BCUT2D eigenvalue weighted by molar-refractivity contribution is 1.45. The first-order valence-electron chi connectivity index (χ1n) is 4.15. The van der Waals surface area contributed by atoms with Crippen LogP contribution in [0.1, 0.15) is 18.1 Å². The highest BCUT2D eigenvalue weighted by Gasteiger charge is 2.13. The van der Waals surface area contributed by atoms with Gasteiger partial charge < -0.3 is 22.9 Å². The number of rotatable bonds is 0. The molecule has 0 spiro atoms. The van der Waals surface area contributed by atoms with Crippen molar-refractivity contribution in [2.24, 2.45) is 0 Å². The van der Waals surface area contributed by atoms with Gasteiger partial charge in [0.1, 0.15) is 0 Å². The summed E-state index contributed by atoms with van der Waals surface area (Å²) in [7, 11) is 0. The van der Waals surface area contributed by atoms with Crippen molar-refractivity contribution in [3.63, 3.8) is 0 Å². The molecule has 14 heavy (non-hydrogen) atoms. The monoisotopic (exact) mass is 190 g/mol. The van der Waals surface area contributed by atoms with Crippen molar-refractivity contribution in [3.8, 4) is 11.8 Å². The molecule has 0 fully saturated rings. The maximum Gasteiger partial charge on any atom is 0.0746 e. The lowest BCUT2D eigenvalue weighted by Gasteiger charge is -2.13. The number of hydrogen-bond acceptors (Lipinski definition) is 4. The fourth-order valence-electron chi connectivity index (χ4n) is 1.22. The van der Waals surface area contributed by atoms with Gasteiger partial charge in [0, 0.05) is 0 Å². The van der Waals surface area contributed by atoms with Gasteiger partial charge in [-0.25, -0.2) is 0 Å². The Balaban J connectivity index is 3.65. The lowest BCUT2D eigenvalue weighted by Crippen LogP contribution is -2.08. The third-order valence-corrected chi connectivity index (χ3v) is 2.18. The van der Waals surface area contributed by atoms with Gasteiger partial charge in [-0.3, -0.25) is 0 Å². The number of nitrogens with two attached hydrogens (primary N) is 4. The van der Waals surface area contributed by atoms with Crippen LogP contribution < -0.4 is 22.9 Å². The van der Waals surface area contributed by atoms with E-state index in [1.54, 1.807) is 13.8 Å². The molecule has 0 saturated heterocycles. The second-order valence-corrected chi connectivity index (χ2v) is 3.03. The third kappa shape index (κ3) is 1.29. The highest BCUT2D eigenvalue weighted by atomic mass is 14.8. The first kappa shape index (κ1) is 10.1. The third-order valence-electron chi connectivity index (χ3n) is 2.18. The Bertz CT molecular complexity index is 409. The van der Waals surface area contributed by atoms with E-state index in [-0.39, 0.29) is 0 Å². The number of anilines is 4. The maximum atomic E-state index is 5.78. The van der Waals surface area contributed by atoms with Crippen molar-refractivity contribution >= 4 is 22.7 Å². The minimum atomic E-state index is 0.406. The molecule has 0 aromatic heterocycles. The van der Waals surface area contributed by atoms with Crippen LogP contribution in [0.15, 0.2) is 0 Å². The fraction of sp³-hybridized carbons (Fsp3) is 0.200. The molecule has 0 aliphatic heterocycles. The molecule has 4 nitrogen and oxygen atoms in total. The van der Waals surface area contributed by atoms with Gasteiger partial charge in [-0.15, -0.1) is 5.92 Å². The number of benzene rings is 1. The highest BCUT2D eigenvalue weighted by Crippen LogP contribution is 2.34. The van der Waals surface area contributed by atoms with E-state index in [1.807, 2.05) is 0 Å². The smallest absolute Gasteiger partial charge is 0.0746 e. The molecule has 0 unspecified atom stereocenters. The first-order chi connectivity index (χ1) is 6.50. The van der Waals surface area contributed by atoms with Crippen LogP contribution in [-0.4, -0.2) is 0 Å². The van der Waals surface area contributed by atoms with Gasteiger partial charge in [-0.2, -0.15) is 0 Å². The molecular weight excluding hydrogens is 176 g/mol. The van der Waals surface area contributed by atoms with Gasteiger partial charge in [0.05, 0.1) is 28.3 Å². The highest BCUT2D eigenvalue weighted by molar-refractivity contribution is 5.90. The van der Waals surface area contributed by atoms with Gasteiger partial charge in [0.2, 0.25) is 0 Å². The van der Waals surface area contributed by atoms with Crippen molar-refractivity contribution in [2.45, 2.75) is 13.8 Å². The Kier molecular flexibility index (Phi) is 2.43. The molecular formula is C10H14N4. The Morgan fingerprint density at radius 1 is 0.857 bits per heavy atom. The van der Waals surface area contributed by atoms with Crippen LogP contribution in [0.2, 0.25) is 0 Å². The van der Waals surface area contributed by atoms with E-state index < -0.39 is 0 Å². The molecule has 0 heterocycles. The quantitative estimate of drug-likeness (QED) is 0.357. The Morgan fingerprint density at radius 2 is 1.29 bits per heavy atom. The van der Waals surface area contributed by atoms with Crippen molar-refractivity contribution < 1.29 is 0 Å². The summed E-state index contributed by atoms with van der Waals surface area (Å²) in [5, 5.41) is 0.